The van der Waals surface area contributed by atoms with Crippen molar-refractivity contribution >= 4 is 35.9 Å². The molecular formula is C21H24ClN3O5. The van der Waals surface area contributed by atoms with Gasteiger partial charge in [0.1, 0.15) is 11.6 Å². The largest absolute Gasteiger partial charge is 0.482 e. The van der Waals surface area contributed by atoms with Gasteiger partial charge in [0.05, 0.1) is 6.04 Å². The molecule has 1 atom stereocenters. The van der Waals surface area contributed by atoms with E-state index < -0.39 is 24.5 Å². The van der Waals surface area contributed by atoms with Crippen LogP contribution < -0.4 is 15.8 Å². The zero-order valence-electron chi connectivity index (χ0n) is 16.5. The number of amidine groups is 1. The standard InChI is InChI=1S/C21H23N3O5.ClH/c1-12(2)18(24-21(28)15-5-3-14(4-6-15)20(22)23)19(27)13-7-9-16(10-8-13)29-11-17(25)26;/h3-10,12,18H,11H2,1-2H3,(H3,22,23)(H,24,28)(H,25,26);1H. The van der Waals surface area contributed by atoms with Crippen LogP contribution in [0.15, 0.2) is 48.5 Å². The predicted octanol–water partition coefficient (Wildman–Crippen LogP) is 2.49. The number of nitrogens with one attached hydrogen (secondary N) is 2. The third-order valence-electron chi connectivity index (χ3n) is 4.19. The van der Waals surface area contributed by atoms with Crippen molar-refractivity contribution in [2.45, 2.75) is 19.9 Å². The number of ketones is 1. The summed E-state index contributed by atoms with van der Waals surface area (Å²) in [6, 6.07) is 11.6. The summed E-state index contributed by atoms with van der Waals surface area (Å²) in [4.78, 5) is 36.0. The Morgan fingerprint density at radius 1 is 1.00 bits per heavy atom. The van der Waals surface area contributed by atoms with Crippen LogP contribution in [0.4, 0.5) is 0 Å². The van der Waals surface area contributed by atoms with Crippen LogP contribution in [0.25, 0.3) is 0 Å². The highest BCUT2D eigenvalue weighted by atomic mass is 35.5. The quantitative estimate of drug-likeness (QED) is 0.272. The Kier molecular flexibility index (Phi) is 9.01. The molecule has 5 N–H and O–H groups in total. The lowest BCUT2D eigenvalue weighted by atomic mass is 9.94. The van der Waals surface area contributed by atoms with Gasteiger partial charge in [-0.25, -0.2) is 4.79 Å². The van der Waals surface area contributed by atoms with Crippen LogP contribution in [0, 0.1) is 11.3 Å². The number of nitrogen functional groups attached to an aromatic ring is 1. The molecular weight excluding hydrogens is 410 g/mol. The van der Waals surface area contributed by atoms with Gasteiger partial charge >= 0.3 is 5.97 Å². The molecule has 0 aromatic heterocycles. The molecule has 1 amide bonds. The topological polar surface area (TPSA) is 143 Å². The van der Waals surface area contributed by atoms with Gasteiger partial charge in [-0.1, -0.05) is 26.0 Å². The third-order valence-corrected chi connectivity index (χ3v) is 4.19. The van der Waals surface area contributed by atoms with Gasteiger partial charge < -0.3 is 20.9 Å². The van der Waals surface area contributed by atoms with Crippen molar-refractivity contribution in [1.82, 2.24) is 5.32 Å². The van der Waals surface area contributed by atoms with Crippen molar-refractivity contribution in [3.63, 3.8) is 0 Å². The minimum absolute atomic E-state index is 0. The van der Waals surface area contributed by atoms with Crippen molar-refractivity contribution in [2.75, 3.05) is 6.61 Å². The number of carboxylic acid groups (broad SMARTS) is 1. The first-order chi connectivity index (χ1) is 13.7. The Labute approximate surface area is 180 Å². The Balaban J connectivity index is 0.00000450. The molecule has 0 fully saturated rings. The molecule has 2 aromatic rings. The van der Waals surface area contributed by atoms with Gasteiger partial charge in [-0.15, -0.1) is 12.4 Å². The highest BCUT2D eigenvalue weighted by molar-refractivity contribution is 6.05. The number of hydrogen-bond acceptors (Lipinski definition) is 5. The normalized spacial score (nSPS) is 11.2. The highest BCUT2D eigenvalue weighted by Gasteiger charge is 2.25. The number of halogens is 1. The molecule has 0 aliphatic carbocycles. The lowest BCUT2D eigenvalue weighted by Crippen LogP contribution is -2.44. The first-order valence-corrected chi connectivity index (χ1v) is 8.93. The molecule has 0 aliphatic heterocycles. The molecule has 0 aliphatic rings. The van der Waals surface area contributed by atoms with Crippen LogP contribution in [0.3, 0.4) is 0 Å². The lowest BCUT2D eigenvalue weighted by Gasteiger charge is -2.21. The van der Waals surface area contributed by atoms with Crippen molar-refractivity contribution < 1.29 is 24.2 Å². The van der Waals surface area contributed by atoms with E-state index in [0.717, 1.165) is 0 Å². The molecule has 1 unspecified atom stereocenters. The van der Waals surface area contributed by atoms with Gasteiger partial charge in [-0.05, 0) is 42.3 Å². The van der Waals surface area contributed by atoms with E-state index in [1.54, 1.807) is 24.3 Å². The van der Waals surface area contributed by atoms with Gasteiger partial charge in [0.15, 0.2) is 12.4 Å². The number of ether oxygens (including phenoxy) is 1. The van der Waals surface area contributed by atoms with Crippen molar-refractivity contribution in [3.05, 3.63) is 65.2 Å². The van der Waals surface area contributed by atoms with Crippen molar-refractivity contribution in [1.29, 1.82) is 5.41 Å². The molecule has 0 saturated heterocycles. The van der Waals surface area contributed by atoms with Crippen LogP contribution >= 0.6 is 12.4 Å². The van der Waals surface area contributed by atoms with E-state index >= 15 is 0 Å². The SMILES string of the molecule is CC(C)C(NC(=O)c1ccc(C(=N)N)cc1)C(=O)c1ccc(OCC(=O)O)cc1.Cl. The maximum absolute atomic E-state index is 12.9. The Morgan fingerprint density at radius 2 is 1.50 bits per heavy atom. The Bertz CT molecular complexity index is 911. The first-order valence-electron chi connectivity index (χ1n) is 8.93. The highest BCUT2D eigenvalue weighted by Crippen LogP contribution is 2.16. The van der Waals surface area contributed by atoms with Crippen LogP contribution in [0.2, 0.25) is 0 Å². The molecule has 8 nitrogen and oxygen atoms in total. The Morgan fingerprint density at radius 3 is 1.97 bits per heavy atom. The summed E-state index contributed by atoms with van der Waals surface area (Å²) in [5.41, 5.74) is 6.64. The van der Waals surface area contributed by atoms with Gasteiger partial charge in [0.2, 0.25) is 0 Å². The van der Waals surface area contributed by atoms with Crippen LogP contribution in [-0.4, -0.2) is 41.3 Å². The number of amides is 1. The zero-order chi connectivity index (χ0) is 21.6. The van der Waals surface area contributed by atoms with E-state index in [1.165, 1.54) is 24.3 Å². The van der Waals surface area contributed by atoms with E-state index in [2.05, 4.69) is 5.32 Å². The van der Waals surface area contributed by atoms with Crippen molar-refractivity contribution in [2.24, 2.45) is 11.7 Å². The molecule has 2 rings (SSSR count). The zero-order valence-corrected chi connectivity index (χ0v) is 17.4. The molecule has 0 bridgehead atoms. The number of carbonyl (C=O) groups excluding carboxylic acids is 2. The number of Topliss-reactive ketones (excluding diaryl/α,β-unsaturated/α-hetero) is 1. The molecule has 160 valence electrons. The number of nitrogens with two attached hydrogens (primary N) is 1. The summed E-state index contributed by atoms with van der Waals surface area (Å²) in [5, 5.41) is 18.8. The molecule has 9 heteroatoms. The molecule has 2 aromatic carbocycles. The maximum Gasteiger partial charge on any atom is 0.341 e. The second-order valence-corrected chi connectivity index (χ2v) is 6.76. The number of aliphatic carboxylic acids is 1. The van der Waals surface area contributed by atoms with Crippen LogP contribution in [0.5, 0.6) is 5.75 Å². The van der Waals surface area contributed by atoms with Gasteiger partial charge in [0.25, 0.3) is 5.91 Å². The van der Waals surface area contributed by atoms with Crippen LogP contribution in [-0.2, 0) is 4.79 Å². The average Bonchev–Trinajstić information content (AvgIpc) is 2.70. The molecule has 0 radical (unpaired) electrons. The summed E-state index contributed by atoms with van der Waals surface area (Å²) in [7, 11) is 0. The molecule has 30 heavy (non-hydrogen) atoms. The average molecular weight is 434 g/mol. The van der Waals surface area contributed by atoms with Crippen LogP contribution in [0.1, 0.15) is 40.1 Å². The smallest absolute Gasteiger partial charge is 0.341 e. The Hall–Kier alpha value is -3.39. The number of rotatable bonds is 9. The lowest BCUT2D eigenvalue weighted by molar-refractivity contribution is -0.139. The first kappa shape index (κ1) is 24.6. The molecule has 0 spiro atoms. The summed E-state index contributed by atoms with van der Waals surface area (Å²) in [5.74, 6) is -1.69. The van der Waals surface area contributed by atoms with Gasteiger partial charge in [-0.3, -0.25) is 15.0 Å². The summed E-state index contributed by atoms with van der Waals surface area (Å²) in [6.45, 7) is 3.18. The second kappa shape index (κ2) is 11.0. The molecule has 0 heterocycles. The van der Waals surface area contributed by atoms with E-state index in [4.69, 9.17) is 21.0 Å². The van der Waals surface area contributed by atoms with E-state index in [0.29, 0.717) is 22.4 Å². The molecule has 0 saturated carbocycles. The fraction of sp³-hybridized carbons (Fsp3) is 0.238. The second-order valence-electron chi connectivity index (χ2n) is 6.76. The van der Waals surface area contributed by atoms with E-state index in [-0.39, 0.29) is 29.9 Å². The van der Waals surface area contributed by atoms with E-state index in [9.17, 15) is 14.4 Å². The van der Waals surface area contributed by atoms with Crippen molar-refractivity contribution in [3.8, 4) is 5.75 Å². The van der Waals surface area contributed by atoms with Gasteiger partial charge in [0, 0.05) is 16.7 Å². The summed E-state index contributed by atoms with van der Waals surface area (Å²) < 4.78 is 5.05. The van der Waals surface area contributed by atoms with E-state index in [1.807, 2.05) is 13.8 Å². The number of hydrogen-bond donors (Lipinski definition) is 4. The minimum atomic E-state index is -1.09. The number of carbonyl (C=O) groups is 3. The minimum Gasteiger partial charge on any atom is -0.482 e. The fourth-order valence-corrected chi connectivity index (χ4v) is 2.60. The monoisotopic (exact) mass is 433 g/mol. The fourth-order valence-electron chi connectivity index (χ4n) is 2.60. The summed E-state index contributed by atoms with van der Waals surface area (Å²) in [6.07, 6.45) is 0. The predicted molar refractivity (Wildman–Crippen MR) is 115 cm³/mol. The maximum atomic E-state index is 12.9. The number of benzene rings is 2. The number of carboxylic acids is 1. The third kappa shape index (κ3) is 6.59. The summed E-state index contributed by atoms with van der Waals surface area (Å²) >= 11 is 0. The van der Waals surface area contributed by atoms with Gasteiger partial charge in [-0.2, -0.15) is 0 Å².